The molecular weight excluding hydrogens is 228 g/mol. The van der Waals surface area contributed by atoms with Crippen molar-refractivity contribution in [2.24, 2.45) is 11.3 Å². The zero-order chi connectivity index (χ0) is 14.3. The minimum atomic E-state index is -0.553. The number of rotatable bonds is 5. The van der Waals surface area contributed by atoms with Gasteiger partial charge in [-0.25, -0.2) is 0 Å². The van der Waals surface area contributed by atoms with Crippen LogP contribution in [0, 0.1) is 23.7 Å². The summed E-state index contributed by atoms with van der Waals surface area (Å²) < 4.78 is 5.18. The van der Waals surface area contributed by atoms with Gasteiger partial charge < -0.3 is 9.84 Å². The van der Waals surface area contributed by atoms with E-state index < -0.39 is 11.5 Å². The largest absolute Gasteiger partial charge is 0.461 e. The fourth-order valence-electron chi connectivity index (χ4n) is 1.31. The Morgan fingerprint density at radius 1 is 1.50 bits per heavy atom. The summed E-state index contributed by atoms with van der Waals surface area (Å²) in [6.45, 7) is 9.45. The van der Waals surface area contributed by atoms with Crippen LogP contribution >= 0.6 is 0 Å². The molecule has 0 radical (unpaired) electrons. The first kappa shape index (κ1) is 16.7. The number of carbonyl (C=O) groups is 1. The van der Waals surface area contributed by atoms with E-state index in [1.165, 1.54) is 0 Å². The lowest BCUT2D eigenvalue weighted by atomic mass is 9.97. The number of aliphatic hydroxyl groups is 1. The summed E-state index contributed by atoms with van der Waals surface area (Å²) in [7, 11) is 0. The van der Waals surface area contributed by atoms with Gasteiger partial charge in [-0.2, -0.15) is 0 Å². The molecule has 102 valence electrons. The molecule has 0 rings (SSSR count). The Hall–Kier alpha value is -1.27. The van der Waals surface area contributed by atoms with Crippen LogP contribution in [0.5, 0.6) is 0 Å². The molecule has 0 aliphatic carbocycles. The molecule has 0 spiro atoms. The van der Waals surface area contributed by atoms with Crippen molar-refractivity contribution in [3.05, 3.63) is 11.6 Å². The third kappa shape index (κ3) is 6.46. The SMILES string of the molecule is C#CC[C@@H](O)[C@H](C)/C=C(\C)COC(=O)C(C)(C)C. The Bertz CT molecular complexity index is 342. The average molecular weight is 252 g/mol. The highest BCUT2D eigenvalue weighted by Crippen LogP contribution is 2.16. The molecule has 2 atom stereocenters. The van der Waals surface area contributed by atoms with E-state index in [2.05, 4.69) is 5.92 Å². The number of aliphatic hydroxyl groups excluding tert-OH is 1. The molecule has 0 saturated carbocycles. The molecule has 18 heavy (non-hydrogen) atoms. The second-order valence-corrected chi connectivity index (χ2v) is 5.67. The summed E-state index contributed by atoms with van der Waals surface area (Å²) in [5.74, 6) is 2.15. The number of ether oxygens (including phenoxy) is 1. The third-order valence-corrected chi connectivity index (χ3v) is 2.52. The van der Waals surface area contributed by atoms with E-state index in [4.69, 9.17) is 11.2 Å². The summed E-state index contributed by atoms with van der Waals surface area (Å²) in [5, 5.41) is 9.68. The maximum atomic E-state index is 11.6. The lowest BCUT2D eigenvalue weighted by Crippen LogP contribution is -2.23. The maximum absolute atomic E-state index is 11.6. The third-order valence-electron chi connectivity index (χ3n) is 2.52. The van der Waals surface area contributed by atoms with E-state index in [1.54, 1.807) is 0 Å². The normalized spacial score (nSPS) is 15.7. The van der Waals surface area contributed by atoms with Gasteiger partial charge in [-0.15, -0.1) is 12.3 Å². The molecule has 3 nitrogen and oxygen atoms in total. The maximum Gasteiger partial charge on any atom is 0.311 e. The van der Waals surface area contributed by atoms with Crippen LogP contribution in [-0.4, -0.2) is 23.8 Å². The van der Waals surface area contributed by atoms with E-state index >= 15 is 0 Å². The van der Waals surface area contributed by atoms with E-state index in [0.717, 1.165) is 5.57 Å². The number of esters is 1. The number of carbonyl (C=O) groups excluding carboxylic acids is 1. The van der Waals surface area contributed by atoms with E-state index in [1.807, 2.05) is 40.7 Å². The predicted molar refractivity (Wildman–Crippen MR) is 72.8 cm³/mol. The van der Waals surface area contributed by atoms with Gasteiger partial charge in [0.1, 0.15) is 6.61 Å². The Kier molecular flexibility index (Phi) is 6.72. The fourth-order valence-corrected chi connectivity index (χ4v) is 1.31. The molecule has 0 aromatic carbocycles. The summed E-state index contributed by atoms with van der Waals surface area (Å²) in [6.07, 6.45) is 6.80. The topological polar surface area (TPSA) is 46.5 Å². The molecule has 0 aliphatic rings. The number of hydrogen-bond donors (Lipinski definition) is 1. The van der Waals surface area contributed by atoms with Crippen molar-refractivity contribution in [1.29, 1.82) is 0 Å². The lowest BCUT2D eigenvalue weighted by Gasteiger charge is -2.18. The minimum Gasteiger partial charge on any atom is -0.461 e. The van der Waals surface area contributed by atoms with E-state index in [9.17, 15) is 9.90 Å². The van der Waals surface area contributed by atoms with Crippen molar-refractivity contribution < 1.29 is 14.6 Å². The quantitative estimate of drug-likeness (QED) is 0.464. The highest BCUT2D eigenvalue weighted by molar-refractivity contribution is 5.75. The zero-order valence-corrected chi connectivity index (χ0v) is 12.0. The summed E-state index contributed by atoms with van der Waals surface area (Å²) in [5.41, 5.74) is 0.422. The molecule has 0 bridgehead atoms. The molecule has 0 unspecified atom stereocenters. The van der Waals surface area contributed by atoms with Gasteiger partial charge in [-0.05, 0) is 33.3 Å². The van der Waals surface area contributed by atoms with Crippen molar-refractivity contribution in [3.63, 3.8) is 0 Å². The first-order chi connectivity index (χ1) is 8.18. The first-order valence-corrected chi connectivity index (χ1v) is 6.14. The van der Waals surface area contributed by atoms with Crippen LogP contribution in [0.1, 0.15) is 41.0 Å². The van der Waals surface area contributed by atoms with Crippen LogP contribution in [0.2, 0.25) is 0 Å². The standard InChI is InChI=1S/C15H24O3/c1-7-8-13(16)12(3)9-11(2)10-18-14(17)15(4,5)6/h1,9,12-13,16H,8,10H2,2-6H3/b11-9+/t12-,13-/m1/s1. The van der Waals surface area contributed by atoms with Crippen LogP contribution < -0.4 is 0 Å². The second kappa shape index (κ2) is 7.23. The molecule has 0 aliphatic heterocycles. The van der Waals surface area contributed by atoms with Crippen molar-refractivity contribution in [2.45, 2.75) is 47.1 Å². The molecule has 1 N–H and O–H groups in total. The minimum absolute atomic E-state index is 0.0469. The van der Waals surface area contributed by atoms with Gasteiger partial charge in [0.25, 0.3) is 0 Å². The van der Waals surface area contributed by atoms with Crippen molar-refractivity contribution in [1.82, 2.24) is 0 Å². The first-order valence-electron chi connectivity index (χ1n) is 6.14. The molecule has 0 amide bonds. The van der Waals surface area contributed by atoms with Gasteiger partial charge >= 0.3 is 5.97 Å². The van der Waals surface area contributed by atoms with Crippen molar-refractivity contribution in [2.75, 3.05) is 6.61 Å². The molecule has 0 fully saturated rings. The molecular formula is C15H24O3. The van der Waals surface area contributed by atoms with Crippen LogP contribution in [-0.2, 0) is 9.53 Å². The number of terminal acetylenes is 1. The van der Waals surface area contributed by atoms with Crippen LogP contribution in [0.4, 0.5) is 0 Å². The Morgan fingerprint density at radius 3 is 2.50 bits per heavy atom. The molecule has 0 aromatic rings. The van der Waals surface area contributed by atoms with Crippen molar-refractivity contribution >= 4 is 5.97 Å². The van der Waals surface area contributed by atoms with Gasteiger partial charge in [0.15, 0.2) is 0 Å². The highest BCUT2D eigenvalue weighted by atomic mass is 16.5. The van der Waals surface area contributed by atoms with Crippen LogP contribution in [0.3, 0.4) is 0 Å². The molecule has 3 heteroatoms. The average Bonchev–Trinajstić information content (AvgIpc) is 2.24. The van der Waals surface area contributed by atoms with Gasteiger partial charge in [0, 0.05) is 12.3 Å². The van der Waals surface area contributed by atoms with E-state index in [-0.39, 0.29) is 18.5 Å². The van der Waals surface area contributed by atoms with Gasteiger partial charge in [-0.1, -0.05) is 13.0 Å². The number of hydrogen-bond acceptors (Lipinski definition) is 3. The zero-order valence-electron chi connectivity index (χ0n) is 12.0. The van der Waals surface area contributed by atoms with Crippen LogP contribution in [0.25, 0.3) is 0 Å². The van der Waals surface area contributed by atoms with Gasteiger partial charge in [-0.3, -0.25) is 4.79 Å². The predicted octanol–water partition coefficient (Wildman–Crippen LogP) is 2.54. The lowest BCUT2D eigenvalue weighted by molar-refractivity contribution is -0.151. The smallest absolute Gasteiger partial charge is 0.311 e. The monoisotopic (exact) mass is 252 g/mol. The Labute approximate surface area is 110 Å². The Balaban J connectivity index is 4.29. The Morgan fingerprint density at radius 2 is 2.06 bits per heavy atom. The van der Waals surface area contributed by atoms with Crippen LogP contribution in [0.15, 0.2) is 11.6 Å². The summed E-state index contributed by atoms with van der Waals surface area (Å²) in [6, 6.07) is 0. The second-order valence-electron chi connectivity index (χ2n) is 5.67. The van der Waals surface area contributed by atoms with Gasteiger partial charge in [0.05, 0.1) is 11.5 Å². The fraction of sp³-hybridized carbons (Fsp3) is 0.667. The molecule has 0 heterocycles. The summed E-state index contributed by atoms with van der Waals surface area (Å²) >= 11 is 0. The molecule has 0 aromatic heterocycles. The summed E-state index contributed by atoms with van der Waals surface area (Å²) in [4.78, 5) is 11.6. The van der Waals surface area contributed by atoms with E-state index in [0.29, 0.717) is 6.42 Å². The van der Waals surface area contributed by atoms with Gasteiger partial charge in [0.2, 0.25) is 0 Å². The van der Waals surface area contributed by atoms with Crippen molar-refractivity contribution in [3.8, 4) is 12.3 Å². The highest BCUT2D eigenvalue weighted by Gasteiger charge is 2.22. The molecule has 0 saturated heterocycles.